The van der Waals surface area contributed by atoms with Crippen LogP contribution in [-0.4, -0.2) is 28.9 Å². The summed E-state index contributed by atoms with van der Waals surface area (Å²) in [4.78, 5) is 20.2. The van der Waals surface area contributed by atoms with Crippen LogP contribution in [0.15, 0.2) is 30.3 Å². The molecular formula is C20H24FN3OS. The second-order valence-electron chi connectivity index (χ2n) is 6.86. The number of halogens is 1. The van der Waals surface area contributed by atoms with Gasteiger partial charge in [0.05, 0.1) is 5.69 Å². The highest BCUT2D eigenvalue weighted by Gasteiger charge is 2.18. The summed E-state index contributed by atoms with van der Waals surface area (Å²) in [6.45, 7) is 7.45. The Hall–Kier alpha value is -2.05. The van der Waals surface area contributed by atoms with E-state index in [1.165, 1.54) is 47.3 Å². The molecule has 0 bridgehead atoms. The lowest BCUT2D eigenvalue weighted by atomic mass is 9.99. The van der Waals surface area contributed by atoms with E-state index in [2.05, 4.69) is 22.1 Å². The summed E-state index contributed by atoms with van der Waals surface area (Å²) >= 11 is 1.54. The Kier molecular flexibility index (Phi) is 6.16. The van der Waals surface area contributed by atoms with Gasteiger partial charge in [0, 0.05) is 17.5 Å². The molecule has 1 aliphatic rings. The first-order chi connectivity index (χ1) is 12.5. The molecule has 1 N–H and O–H groups in total. The van der Waals surface area contributed by atoms with E-state index in [4.69, 9.17) is 0 Å². The highest BCUT2D eigenvalue weighted by Crippen LogP contribution is 2.26. The van der Waals surface area contributed by atoms with Crippen LogP contribution < -0.4 is 5.32 Å². The number of nitrogens with one attached hydrogen (secondary N) is 1. The molecule has 0 atom stereocenters. The van der Waals surface area contributed by atoms with Gasteiger partial charge in [-0.05, 0) is 62.5 Å². The van der Waals surface area contributed by atoms with Gasteiger partial charge >= 0.3 is 0 Å². The summed E-state index contributed by atoms with van der Waals surface area (Å²) in [6, 6.07) is 6.00. The SMILES string of the molecule is Cc1nc(NC(=O)/C=C/c2ccc(F)cc2)sc1CN1CCC(C)CC1. The fraction of sp³-hybridized carbons (Fsp3) is 0.400. The summed E-state index contributed by atoms with van der Waals surface area (Å²) < 4.78 is 12.9. The van der Waals surface area contributed by atoms with Crippen LogP contribution in [0.5, 0.6) is 0 Å². The number of rotatable bonds is 5. The van der Waals surface area contributed by atoms with Crippen LogP contribution in [-0.2, 0) is 11.3 Å². The Morgan fingerprint density at radius 1 is 1.35 bits per heavy atom. The molecule has 1 saturated heterocycles. The van der Waals surface area contributed by atoms with Crippen molar-refractivity contribution in [3.05, 3.63) is 52.3 Å². The summed E-state index contributed by atoms with van der Waals surface area (Å²) in [5.41, 5.74) is 1.75. The Morgan fingerprint density at radius 2 is 2.04 bits per heavy atom. The summed E-state index contributed by atoms with van der Waals surface area (Å²) in [6.07, 6.45) is 5.59. The molecule has 2 aromatic rings. The van der Waals surface area contributed by atoms with Crippen molar-refractivity contribution < 1.29 is 9.18 Å². The number of hydrogen-bond donors (Lipinski definition) is 1. The Balaban J connectivity index is 1.56. The lowest BCUT2D eigenvalue weighted by molar-refractivity contribution is -0.111. The maximum atomic E-state index is 12.9. The molecule has 6 heteroatoms. The number of amides is 1. The van der Waals surface area contributed by atoms with E-state index in [0.717, 1.165) is 36.8 Å². The summed E-state index contributed by atoms with van der Waals surface area (Å²) in [7, 11) is 0. The van der Waals surface area contributed by atoms with Crippen molar-refractivity contribution in [1.82, 2.24) is 9.88 Å². The smallest absolute Gasteiger partial charge is 0.250 e. The number of piperidine rings is 1. The van der Waals surface area contributed by atoms with Crippen LogP contribution >= 0.6 is 11.3 Å². The van der Waals surface area contributed by atoms with Gasteiger partial charge in [0.15, 0.2) is 5.13 Å². The predicted molar refractivity (Wildman–Crippen MR) is 105 cm³/mol. The maximum Gasteiger partial charge on any atom is 0.250 e. The van der Waals surface area contributed by atoms with Crippen molar-refractivity contribution >= 4 is 28.5 Å². The standard InChI is InChI=1S/C20H24FN3OS/c1-14-9-11-24(12-10-14)13-18-15(2)22-20(26-18)23-19(25)8-5-16-3-6-17(21)7-4-16/h3-8,14H,9-13H2,1-2H3,(H,22,23,25)/b8-5+. The number of aryl methyl sites for hydroxylation is 1. The minimum absolute atomic E-state index is 0.235. The number of anilines is 1. The average Bonchev–Trinajstić information content (AvgIpc) is 2.95. The van der Waals surface area contributed by atoms with E-state index in [1.807, 2.05) is 6.92 Å². The van der Waals surface area contributed by atoms with Gasteiger partial charge in [-0.25, -0.2) is 9.37 Å². The quantitative estimate of drug-likeness (QED) is 0.786. The molecule has 2 heterocycles. The van der Waals surface area contributed by atoms with Crippen LogP contribution in [0.3, 0.4) is 0 Å². The van der Waals surface area contributed by atoms with Crippen molar-refractivity contribution in [1.29, 1.82) is 0 Å². The zero-order valence-corrected chi connectivity index (χ0v) is 16.0. The second-order valence-corrected chi connectivity index (χ2v) is 7.94. The number of aromatic nitrogens is 1. The lowest BCUT2D eigenvalue weighted by Gasteiger charge is -2.29. The van der Waals surface area contributed by atoms with Gasteiger partial charge in [-0.1, -0.05) is 19.1 Å². The molecule has 1 fully saturated rings. The Labute approximate surface area is 157 Å². The lowest BCUT2D eigenvalue weighted by Crippen LogP contribution is -2.32. The third kappa shape index (κ3) is 5.22. The first kappa shape index (κ1) is 18.7. The molecule has 0 spiro atoms. The second kappa shape index (κ2) is 8.56. The summed E-state index contributed by atoms with van der Waals surface area (Å²) in [5, 5.41) is 3.44. The fourth-order valence-electron chi connectivity index (χ4n) is 2.94. The van der Waals surface area contributed by atoms with Gasteiger partial charge in [-0.2, -0.15) is 0 Å². The minimum atomic E-state index is -0.291. The molecule has 26 heavy (non-hydrogen) atoms. The highest BCUT2D eigenvalue weighted by molar-refractivity contribution is 7.15. The zero-order chi connectivity index (χ0) is 18.5. The van der Waals surface area contributed by atoms with Crippen LogP contribution in [0.2, 0.25) is 0 Å². The molecule has 1 aromatic carbocycles. The number of hydrogen-bond acceptors (Lipinski definition) is 4. The number of carbonyl (C=O) groups excluding carboxylic acids is 1. The fourth-order valence-corrected chi connectivity index (χ4v) is 3.95. The predicted octanol–water partition coefficient (Wildman–Crippen LogP) is 4.47. The van der Waals surface area contributed by atoms with Crippen molar-refractivity contribution in [2.24, 2.45) is 5.92 Å². The average molecular weight is 373 g/mol. The molecule has 1 aromatic heterocycles. The van der Waals surface area contributed by atoms with E-state index >= 15 is 0 Å². The zero-order valence-electron chi connectivity index (χ0n) is 15.2. The van der Waals surface area contributed by atoms with E-state index in [9.17, 15) is 9.18 Å². The highest BCUT2D eigenvalue weighted by atomic mass is 32.1. The Morgan fingerprint density at radius 3 is 2.73 bits per heavy atom. The third-order valence-corrected chi connectivity index (χ3v) is 5.72. The van der Waals surface area contributed by atoms with Crippen LogP contribution in [0.1, 0.15) is 35.9 Å². The first-order valence-corrected chi connectivity index (χ1v) is 9.74. The number of benzene rings is 1. The molecule has 138 valence electrons. The molecule has 1 amide bonds. The van der Waals surface area contributed by atoms with E-state index in [-0.39, 0.29) is 11.7 Å². The van der Waals surface area contributed by atoms with Gasteiger partial charge < -0.3 is 0 Å². The molecule has 0 aliphatic carbocycles. The third-order valence-electron chi connectivity index (χ3n) is 4.66. The van der Waals surface area contributed by atoms with E-state index < -0.39 is 0 Å². The van der Waals surface area contributed by atoms with Gasteiger partial charge in [0.1, 0.15) is 5.82 Å². The van der Waals surface area contributed by atoms with Crippen LogP contribution in [0.4, 0.5) is 9.52 Å². The molecular weight excluding hydrogens is 349 g/mol. The number of thiazole rings is 1. The largest absolute Gasteiger partial charge is 0.298 e. The molecule has 1 aliphatic heterocycles. The molecule has 4 nitrogen and oxygen atoms in total. The van der Waals surface area contributed by atoms with Gasteiger partial charge in [0.2, 0.25) is 5.91 Å². The van der Waals surface area contributed by atoms with Gasteiger partial charge in [0.25, 0.3) is 0 Å². The first-order valence-electron chi connectivity index (χ1n) is 8.93. The minimum Gasteiger partial charge on any atom is -0.298 e. The topological polar surface area (TPSA) is 45.2 Å². The van der Waals surface area contributed by atoms with Crippen LogP contribution in [0.25, 0.3) is 6.08 Å². The Bertz CT molecular complexity index is 777. The monoisotopic (exact) mass is 373 g/mol. The van der Waals surface area contributed by atoms with Gasteiger partial charge in [-0.15, -0.1) is 11.3 Å². The van der Waals surface area contributed by atoms with Crippen molar-refractivity contribution in [2.75, 3.05) is 18.4 Å². The van der Waals surface area contributed by atoms with Crippen LogP contribution in [0, 0.1) is 18.7 Å². The summed E-state index contributed by atoms with van der Waals surface area (Å²) in [5.74, 6) is 0.290. The molecule has 0 unspecified atom stereocenters. The van der Waals surface area contributed by atoms with E-state index in [1.54, 1.807) is 18.2 Å². The maximum absolute atomic E-state index is 12.9. The van der Waals surface area contributed by atoms with Gasteiger partial charge in [-0.3, -0.25) is 15.0 Å². The number of likely N-dealkylation sites (tertiary alicyclic amines) is 1. The van der Waals surface area contributed by atoms with Crippen molar-refractivity contribution in [3.8, 4) is 0 Å². The molecule has 0 radical (unpaired) electrons. The number of nitrogens with zero attached hydrogens (tertiary/aromatic N) is 2. The molecule has 3 rings (SSSR count). The number of carbonyl (C=O) groups is 1. The van der Waals surface area contributed by atoms with Crippen molar-refractivity contribution in [3.63, 3.8) is 0 Å². The normalized spacial score (nSPS) is 16.3. The van der Waals surface area contributed by atoms with Crippen molar-refractivity contribution in [2.45, 2.75) is 33.2 Å². The molecule has 0 saturated carbocycles. The van der Waals surface area contributed by atoms with E-state index in [0.29, 0.717) is 5.13 Å².